The van der Waals surface area contributed by atoms with E-state index in [0.717, 1.165) is 114 Å². The molecule has 0 aliphatic rings. The molecule has 0 radical (unpaired) electrons. The number of rotatable bonds is 69. The molecule has 0 bridgehead atoms. The minimum atomic E-state index is -4.95. The maximum absolute atomic E-state index is 13.0. The summed E-state index contributed by atoms with van der Waals surface area (Å²) in [6, 6.07) is 0. The van der Waals surface area contributed by atoms with E-state index >= 15 is 0 Å². The van der Waals surface area contributed by atoms with Gasteiger partial charge in [0, 0.05) is 25.7 Å². The number of carbonyl (C=O) groups is 4. The predicted molar refractivity (Wildman–Crippen MR) is 367 cm³/mol. The van der Waals surface area contributed by atoms with Crippen LogP contribution < -0.4 is 0 Å². The molecule has 0 aliphatic heterocycles. The lowest BCUT2D eigenvalue weighted by Crippen LogP contribution is -2.30. The van der Waals surface area contributed by atoms with Crippen molar-refractivity contribution >= 4 is 39.5 Å². The van der Waals surface area contributed by atoms with Crippen LogP contribution in [0, 0.1) is 23.7 Å². The molecule has 0 aliphatic carbocycles. The Morgan fingerprint density at radius 3 is 0.780 bits per heavy atom. The number of hydrogen-bond donors (Lipinski definition) is 3. The molecule has 19 heteroatoms. The molecule has 0 rings (SSSR count). The van der Waals surface area contributed by atoms with Gasteiger partial charge in [0.2, 0.25) is 0 Å². The highest BCUT2D eigenvalue weighted by Crippen LogP contribution is 2.45. The summed E-state index contributed by atoms with van der Waals surface area (Å²) in [5.41, 5.74) is 0. The molecule has 0 spiro atoms. The molecule has 0 fully saturated rings. The lowest BCUT2D eigenvalue weighted by Gasteiger charge is -2.21. The van der Waals surface area contributed by atoms with Crippen LogP contribution in [-0.2, 0) is 65.4 Å². The molecule has 6 atom stereocenters. The third-order valence-electron chi connectivity index (χ3n) is 16.9. The van der Waals surface area contributed by atoms with Crippen LogP contribution in [-0.4, -0.2) is 96.7 Å². The van der Waals surface area contributed by atoms with E-state index in [1.54, 1.807) is 0 Å². The van der Waals surface area contributed by atoms with Gasteiger partial charge < -0.3 is 33.8 Å². The Morgan fingerprint density at radius 1 is 0.308 bits per heavy atom. The fraction of sp³-hybridized carbons (Fsp3) is 0.944. The van der Waals surface area contributed by atoms with Gasteiger partial charge in [0.25, 0.3) is 0 Å². The van der Waals surface area contributed by atoms with Gasteiger partial charge in [-0.2, -0.15) is 0 Å². The van der Waals surface area contributed by atoms with E-state index < -0.39 is 97.5 Å². The molecule has 0 aromatic rings. The maximum Gasteiger partial charge on any atom is 0.472 e. The van der Waals surface area contributed by atoms with Crippen LogP contribution in [0.1, 0.15) is 357 Å². The molecular weight excluding hydrogens is 1200 g/mol. The van der Waals surface area contributed by atoms with Gasteiger partial charge in [0.05, 0.1) is 26.4 Å². The van der Waals surface area contributed by atoms with Gasteiger partial charge in [-0.3, -0.25) is 37.3 Å². The molecule has 540 valence electrons. The number of phosphoric ester groups is 2. The Bertz CT molecular complexity index is 1800. The van der Waals surface area contributed by atoms with Crippen LogP contribution in [0.25, 0.3) is 0 Å². The van der Waals surface area contributed by atoms with Crippen molar-refractivity contribution in [1.29, 1.82) is 0 Å². The summed E-state index contributed by atoms with van der Waals surface area (Å²) in [5.74, 6) is 0.888. The molecule has 0 aromatic carbocycles. The van der Waals surface area contributed by atoms with Gasteiger partial charge in [-0.15, -0.1) is 0 Å². The highest BCUT2D eigenvalue weighted by molar-refractivity contribution is 7.47. The zero-order chi connectivity index (χ0) is 67.5. The second kappa shape index (κ2) is 61.6. The molecule has 0 saturated carbocycles. The summed E-state index contributed by atoms with van der Waals surface area (Å²) < 4.78 is 68.4. The van der Waals surface area contributed by atoms with E-state index in [1.807, 2.05) is 0 Å². The van der Waals surface area contributed by atoms with Gasteiger partial charge >= 0.3 is 39.5 Å². The van der Waals surface area contributed by atoms with E-state index in [4.69, 9.17) is 37.0 Å². The third-order valence-corrected chi connectivity index (χ3v) is 18.8. The lowest BCUT2D eigenvalue weighted by atomic mass is 9.99. The quantitative estimate of drug-likeness (QED) is 0.0222. The summed E-state index contributed by atoms with van der Waals surface area (Å²) in [5, 5.41) is 10.6. The first-order valence-electron chi connectivity index (χ1n) is 37.2. The Hall–Kier alpha value is -1.94. The van der Waals surface area contributed by atoms with Gasteiger partial charge in [0.1, 0.15) is 19.3 Å². The molecule has 0 aromatic heterocycles. The van der Waals surface area contributed by atoms with Crippen LogP contribution >= 0.6 is 15.6 Å². The number of ether oxygens (including phenoxy) is 4. The monoisotopic (exact) mass is 1340 g/mol. The number of hydrogen-bond acceptors (Lipinski definition) is 15. The number of aliphatic hydroxyl groups is 1. The number of carbonyl (C=O) groups excluding carboxylic acids is 4. The highest BCUT2D eigenvalue weighted by atomic mass is 31.2. The van der Waals surface area contributed by atoms with E-state index in [2.05, 4.69) is 55.4 Å². The van der Waals surface area contributed by atoms with Crippen LogP contribution in [0.5, 0.6) is 0 Å². The van der Waals surface area contributed by atoms with E-state index in [0.29, 0.717) is 31.6 Å². The topological polar surface area (TPSA) is 237 Å². The summed E-state index contributed by atoms with van der Waals surface area (Å²) in [4.78, 5) is 72.6. The molecule has 0 amide bonds. The zero-order valence-electron chi connectivity index (χ0n) is 59.5. The summed E-state index contributed by atoms with van der Waals surface area (Å²) >= 11 is 0. The molecular formula is C72H140O17P2. The number of phosphoric acid groups is 2. The first-order valence-corrected chi connectivity index (χ1v) is 40.2. The van der Waals surface area contributed by atoms with Gasteiger partial charge in [-0.25, -0.2) is 9.13 Å². The van der Waals surface area contributed by atoms with Gasteiger partial charge in [-0.1, -0.05) is 306 Å². The Kier molecular flexibility index (Phi) is 60.3. The fourth-order valence-corrected chi connectivity index (χ4v) is 12.4. The Morgan fingerprint density at radius 2 is 0.527 bits per heavy atom. The van der Waals surface area contributed by atoms with Crippen molar-refractivity contribution < 1.29 is 80.2 Å². The molecule has 0 saturated heterocycles. The molecule has 3 unspecified atom stereocenters. The van der Waals surface area contributed by atoms with Crippen molar-refractivity contribution in [3.63, 3.8) is 0 Å². The first-order chi connectivity index (χ1) is 43.6. The van der Waals surface area contributed by atoms with Crippen molar-refractivity contribution in [3.8, 4) is 0 Å². The molecule has 3 N–H and O–H groups in total. The minimum Gasteiger partial charge on any atom is -0.462 e. The standard InChI is InChI=1S/C72H140O17P2/c1-9-65(8)51-43-35-26-20-15-17-23-29-39-47-55-72(77)89-68(59-83-70(75)53-45-37-31-30-34-42-50-64(6)7)61-87-91(80,81)85-57-66(73)56-84-90(78,79)86-60-67(88-71(76)54-46-38-28-22-16-14-19-25-33-41-49-63(4)5)58-82-69(74)52-44-36-27-21-13-11-10-12-18-24-32-40-48-62(2)3/h62-68,73H,9-61H2,1-8H3,(H,78,79)(H,80,81)/t65?,66-,67-,68-/m1/s1. The Labute approximate surface area is 556 Å². The van der Waals surface area contributed by atoms with Crippen molar-refractivity contribution in [2.45, 2.75) is 375 Å². The summed E-state index contributed by atoms with van der Waals surface area (Å²) in [7, 11) is -9.91. The van der Waals surface area contributed by atoms with Crippen molar-refractivity contribution in [3.05, 3.63) is 0 Å². The van der Waals surface area contributed by atoms with Crippen molar-refractivity contribution in [2.75, 3.05) is 39.6 Å². The lowest BCUT2D eigenvalue weighted by molar-refractivity contribution is -0.161. The van der Waals surface area contributed by atoms with Crippen molar-refractivity contribution in [1.82, 2.24) is 0 Å². The normalized spacial score (nSPS) is 14.5. The first kappa shape index (κ1) is 89.1. The second-order valence-electron chi connectivity index (χ2n) is 27.6. The number of esters is 4. The number of unbranched alkanes of at least 4 members (excludes halogenated alkanes) is 34. The molecule has 17 nitrogen and oxygen atoms in total. The average molecular weight is 1340 g/mol. The van der Waals surface area contributed by atoms with Gasteiger partial charge in [0.15, 0.2) is 12.2 Å². The van der Waals surface area contributed by atoms with Crippen LogP contribution in [0.4, 0.5) is 0 Å². The molecule has 0 heterocycles. The number of aliphatic hydroxyl groups excluding tert-OH is 1. The van der Waals surface area contributed by atoms with Gasteiger partial charge in [-0.05, 0) is 49.4 Å². The average Bonchev–Trinajstić information content (AvgIpc) is 3.28. The SMILES string of the molecule is CCC(C)CCCCCCCCCCCCC(=O)O[C@H](COC(=O)CCCCCCCCC(C)C)COP(=O)(O)OC[C@H](O)COP(=O)(O)OC[C@@H](COC(=O)CCCCCCCCCCCCCCC(C)C)OC(=O)CCCCCCCCCCCCC(C)C. The van der Waals surface area contributed by atoms with Crippen LogP contribution in [0.2, 0.25) is 0 Å². The maximum atomic E-state index is 13.0. The van der Waals surface area contributed by atoms with E-state index in [9.17, 15) is 43.2 Å². The highest BCUT2D eigenvalue weighted by Gasteiger charge is 2.30. The van der Waals surface area contributed by atoms with Crippen molar-refractivity contribution in [2.24, 2.45) is 23.7 Å². The van der Waals surface area contributed by atoms with E-state index in [1.165, 1.54) is 154 Å². The van der Waals surface area contributed by atoms with Crippen LogP contribution in [0.3, 0.4) is 0 Å². The predicted octanol–water partition coefficient (Wildman–Crippen LogP) is 20.5. The Balaban J connectivity index is 5.25. The van der Waals surface area contributed by atoms with Crippen LogP contribution in [0.15, 0.2) is 0 Å². The summed E-state index contributed by atoms with van der Waals surface area (Å²) in [6.07, 6.45) is 44.5. The third kappa shape index (κ3) is 65.1. The largest absolute Gasteiger partial charge is 0.472 e. The fourth-order valence-electron chi connectivity index (χ4n) is 10.8. The zero-order valence-corrected chi connectivity index (χ0v) is 61.3. The summed E-state index contributed by atoms with van der Waals surface area (Å²) in [6.45, 7) is 14.1. The van der Waals surface area contributed by atoms with E-state index in [-0.39, 0.29) is 25.7 Å². The second-order valence-corrected chi connectivity index (χ2v) is 30.6. The smallest absolute Gasteiger partial charge is 0.462 e. The minimum absolute atomic E-state index is 0.105. The molecule has 91 heavy (non-hydrogen) atoms.